The maximum Gasteiger partial charge on any atom is 0.273 e. The van der Waals surface area contributed by atoms with Crippen molar-refractivity contribution >= 4 is 0 Å². The molecule has 2 rings (SSSR count). The zero-order valence-corrected chi connectivity index (χ0v) is 10.9. The standard InChI is InChI=1S/C15H21F2N/c1-2-12-5-7-14(8-6-12)15(16,17)10-13-4-3-9-18-11-13/h5-8,13,18H,2-4,9-11H2,1H3. The number of halogens is 2. The highest BCUT2D eigenvalue weighted by atomic mass is 19.3. The Balaban J connectivity index is 2.03. The predicted molar refractivity (Wildman–Crippen MR) is 69.9 cm³/mol. The first-order chi connectivity index (χ1) is 8.62. The summed E-state index contributed by atoms with van der Waals surface area (Å²) in [6.45, 7) is 3.72. The molecule has 1 aliphatic heterocycles. The lowest BCUT2D eigenvalue weighted by Crippen LogP contribution is -2.33. The summed E-state index contributed by atoms with van der Waals surface area (Å²) in [7, 11) is 0. The molecule has 1 aromatic carbocycles. The van der Waals surface area contributed by atoms with Crippen LogP contribution in [0.1, 0.15) is 37.3 Å². The van der Waals surface area contributed by atoms with Crippen LogP contribution in [0.3, 0.4) is 0 Å². The molecular formula is C15H21F2N. The minimum Gasteiger partial charge on any atom is -0.316 e. The van der Waals surface area contributed by atoms with Gasteiger partial charge in [-0.25, -0.2) is 8.78 Å². The largest absolute Gasteiger partial charge is 0.316 e. The zero-order valence-electron chi connectivity index (χ0n) is 10.9. The fourth-order valence-electron chi connectivity index (χ4n) is 2.56. The predicted octanol–water partition coefficient (Wildman–Crippen LogP) is 3.73. The van der Waals surface area contributed by atoms with Gasteiger partial charge in [0.05, 0.1) is 0 Å². The Hall–Kier alpha value is -0.960. The molecule has 1 aromatic rings. The number of piperidine rings is 1. The molecule has 0 spiro atoms. The lowest BCUT2D eigenvalue weighted by Gasteiger charge is -2.27. The third-order valence-electron chi connectivity index (χ3n) is 3.73. The molecule has 1 unspecified atom stereocenters. The van der Waals surface area contributed by atoms with Crippen LogP contribution in [0, 0.1) is 5.92 Å². The molecule has 1 N–H and O–H groups in total. The highest BCUT2D eigenvalue weighted by molar-refractivity contribution is 5.25. The fourth-order valence-corrected chi connectivity index (χ4v) is 2.56. The van der Waals surface area contributed by atoms with E-state index < -0.39 is 5.92 Å². The Morgan fingerprint density at radius 3 is 2.56 bits per heavy atom. The van der Waals surface area contributed by atoms with Gasteiger partial charge in [-0.15, -0.1) is 0 Å². The normalized spacial score (nSPS) is 20.9. The number of alkyl halides is 2. The Bertz CT molecular complexity index is 367. The molecule has 18 heavy (non-hydrogen) atoms. The summed E-state index contributed by atoms with van der Waals surface area (Å²) in [6, 6.07) is 6.77. The van der Waals surface area contributed by atoms with Crippen molar-refractivity contribution in [1.29, 1.82) is 0 Å². The van der Waals surface area contributed by atoms with Gasteiger partial charge in [0.2, 0.25) is 0 Å². The molecule has 0 aromatic heterocycles. The van der Waals surface area contributed by atoms with Crippen LogP contribution in [0.5, 0.6) is 0 Å². The molecule has 1 aliphatic rings. The van der Waals surface area contributed by atoms with E-state index in [9.17, 15) is 8.78 Å². The Morgan fingerprint density at radius 2 is 2.00 bits per heavy atom. The second-order valence-electron chi connectivity index (χ2n) is 5.17. The van der Waals surface area contributed by atoms with Crippen LogP contribution >= 0.6 is 0 Å². The van der Waals surface area contributed by atoms with Crippen LogP contribution in [0.25, 0.3) is 0 Å². The average Bonchev–Trinajstić information content (AvgIpc) is 2.39. The number of hydrogen-bond acceptors (Lipinski definition) is 1. The van der Waals surface area contributed by atoms with E-state index in [0.717, 1.165) is 37.9 Å². The molecule has 100 valence electrons. The first-order valence-corrected chi connectivity index (χ1v) is 6.80. The van der Waals surface area contributed by atoms with Crippen LogP contribution in [-0.2, 0) is 12.3 Å². The molecule has 1 heterocycles. The number of aryl methyl sites for hydroxylation is 1. The van der Waals surface area contributed by atoms with Gasteiger partial charge in [0.25, 0.3) is 5.92 Å². The molecule has 1 nitrogen and oxygen atoms in total. The van der Waals surface area contributed by atoms with Gasteiger partial charge < -0.3 is 5.32 Å². The summed E-state index contributed by atoms with van der Waals surface area (Å²) < 4.78 is 28.3. The molecule has 0 radical (unpaired) electrons. The minimum absolute atomic E-state index is 0.0362. The summed E-state index contributed by atoms with van der Waals surface area (Å²) in [6.07, 6.45) is 2.77. The number of hydrogen-bond donors (Lipinski definition) is 1. The monoisotopic (exact) mass is 253 g/mol. The topological polar surface area (TPSA) is 12.0 Å². The summed E-state index contributed by atoms with van der Waals surface area (Å²) in [5.41, 5.74) is 1.26. The third kappa shape index (κ3) is 3.29. The second-order valence-corrected chi connectivity index (χ2v) is 5.17. The Kier molecular flexibility index (Phi) is 4.33. The van der Waals surface area contributed by atoms with E-state index in [1.807, 2.05) is 19.1 Å². The Labute approximate surface area is 108 Å². The molecule has 3 heteroatoms. The maximum absolute atomic E-state index is 14.1. The van der Waals surface area contributed by atoms with Gasteiger partial charge >= 0.3 is 0 Å². The third-order valence-corrected chi connectivity index (χ3v) is 3.73. The molecule has 0 amide bonds. The lowest BCUT2D eigenvalue weighted by atomic mass is 9.90. The molecule has 0 saturated carbocycles. The zero-order chi connectivity index (χ0) is 13.0. The highest BCUT2D eigenvalue weighted by Gasteiger charge is 2.34. The van der Waals surface area contributed by atoms with Crippen molar-refractivity contribution in [3.63, 3.8) is 0 Å². The van der Waals surface area contributed by atoms with Crippen molar-refractivity contribution in [3.05, 3.63) is 35.4 Å². The SMILES string of the molecule is CCc1ccc(C(F)(F)CC2CCCNC2)cc1. The van der Waals surface area contributed by atoms with Gasteiger partial charge in [0.15, 0.2) is 0 Å². The fraction of sp³-hybridized carbons (Fsp3) is 0.600. The van der Waals surface area contributed by atoms with E-state index in [-0.39, 0.29) is 17.9 Å². The van der Waals surface area contributed by atoms with E-state index in [1.54, 1.807) is 12.1 Å². The van der Waals surface area contributed by atoms with Crippen LogP contribution in [0.2, 0.25) is 0 Å². The van der Waals surface area contributed by atoms with Crippen LogP contribution in [-0.4, -0.2) is 13.1 Å². The van der Waals surface area contributed by atoms with Gasteiger partial charge in [-0.05, 0) is 43.8 Å². The van der Waals surface area contributed by atoms with Gasteiger partial charge in [-0.3, -0.25) is 0 Å². The van der Waals surface area contributed by atoms with E-state index in [0.29, 0.717) is 0 Å². The van der Waals surface area contributed by atoms with E-state index >= 15 is 0 Å². The highest BCUT2D eigenvalue weighted by Crippen LogP contribution is 2.36. The van der Waals surface area contributed by atoms with Gasteiger partial charge in [-0.2, -0.15) is 0 Å². The van der Waals surface area contributed by atoms with Crippen LogP contribution < -0.4 is 5.32 Å². The summed E-state index contributed by atoms with van der Waals surface area (Å²) >= 11 is 0. The molecule has 1 fully saturated rings. The van der Waals surface area contributed by atoms with Crippen molar-refractivity contribution < 1.29 is 8.78 Å². The quantitative estimate of drug-likeness (QED) is 0.862. The van der Waals surface area contributed by atoms with E-state index in [2.05, 4.69) is 5.32 Å². The van der Waals surface area contributed by atoms with Gasteiger partial charge in [0, 0.05) is 12.0 Å². The summed E-state index contributed by atoms with van der Waals surface area (Å²) in [5.74, 6) is -2.60. The summed E-state index contributed by atoms with van der Waals surface area (Å²) in [4.78, 5) is 0. The van der Waals surface area contributed by atoms with Crippen molar-refractivity contribution in [2.45, 2.75) is 38.5 Å². The first-order valence-electron chi connectivity index (χ1n) is 6.80. The van der Waals surface area contributed by atoms with Crippen LogP contribution in [0.4, 0.5) is 8.78 Å². The summed E-state index contributed by atoms with van der Waals surface area (Å²) in [5, 5.41) is 3.19. The minimum atomic E-state index is -2.70. The second kappa shape index (κ2) is 5.79. The van der Waals surface area contributed by atoms with Gasteiger partial charge in [0.1, 0.15) is 0 Å². The molecule has 1 atom stereocenters. The number of rotatable bonds is 4. The van der Waals surface area contributed by atoms with Crippen molar-refractivity contribution in [2.24, 2.45) is 5.92 Å². The number of nitrogens with one attached hydrogen (secondary N) is 1. The van der Waals surface area contributed by atoms with Crippen molar-refractivity contribution in [3.8, 4) is 0 Å². The Morgan fingerprint density at radius 1 is 1.28 bits per heavy atom. The molecule has 0 aliphatic carbocycles. The number of benzene rings is 1. The molecular weight excluding hydrogens is 232 g/mol. The van der Waals surface area contributed by atoms with Crippen molar-refractivity contribution in [2.75, 3.05) is 13.1 Å². The average molecular weight is 253 g/mol. The lowest BCUT2D eigenvalue weighted by molar-refractivity contribution is -0.0317. The van der Waals surface area contributed by atoms with Crippen molar-refractivity contribution in [1.82, 2.24) is 5.32 Å². The van der Waals surface area contributed by atoms with E-state index in [1.165, 1.54) is 0 Å². The molecule has 1 saturated heterocycles. The van der Waals surface area contributed by atoms with Gasteiger partial charge in [-0.1, -0.05) is 31.2 Å². The van der Waals surface area contributed by atoms with Crippen LogP contribution in [0.15, 0.2) is 24.3 Å². The smallest absolute Gasteiger partial charge is 0.273 e. The molecule has 0 bridgehead atoms. The van der Waals surface area contributed by atoms with E-state index in [4.69, 9.17) is 0 Å². The first kappa shape index (κ1) is 13.5. The maximum atomic E-state index is 14.1.